The molecule has 0 spiro atoms. The molecule has 1 rings (SSSR count). The van der Waals surface area contributed by atoms with E-state index in [1.54, 1.807) is 0 Å². The number of carbonyl (C=O) groups excluding carboxylic acids is 1. The number of carbonyl (C=O) groups is 1. The number of hydrogen-bond acceptors (Lipinski definition) is 5. The number of likely N-dealkylation sites (N-methyl/N-ethyl adjacent to an activating group) is 1. The highest BCUT2D eigenvalue weighted by atomic mass is 32.0. The van der Waals surface area contributed by atoms with E-state index >= 15 is 0 Å². The van der Waals surface area contributed by atoms with Crippen molar-refractivity contribution < 1.29 is 19.3 Å². The number of aliphatic hydroxyl groups is 1. The van der Waals surface area contributed by atoms with Crippen molar-refractivity contribution in [3.05, 3.63) is 0 Å². The van der Waals surface area contributed by atoms with Gasteiger partial charge in [0.15, 0.2) is 0 Å². The molecular formula is C11H24N2O4P2. The maximum Gasteiger partial charge on any atom is 0.247 e. The Kier molecular flexibility index (Phi) is 7.09. The van der Waals surface area contributed by atoms with Crippen molar-refractivity contribution >= 4 is 23.3 Å². The van der Waals surface area contributed by atoms with Gasteiger partial charge in [-0.2, -0.15) is 0 Å². The van der Waals surface area contributed by atoms with Gasteiger partial charge in [0.1, 0.15) is 5.72 Å². The van der Waals surface area contributed by atoms with Crippen molar-refractivity contribution in [3.8, 4) is 0 Å². The van der Waals surface area contributed by atoms with Gasteiger partial charge in [0.05, 0.1) is 15.1 Å². The molecule has 4 atom stereocenters. The first-order valence-electron chi connectivity index (χ1n) is 6.31. The van der Waals surface area contributed by atoms with E-state index in [9.17, 15) is 4.79 Å². The third kappa shape index (κ3) is 4.89. The summed E-state index contributed by atoms with van der Waals surface area (Å²) >= 11 is 0. The standard InChI is InChI=1S/C11H24N2O4P2/c1-11(2)13(3)9(7-16-11)6-8(4-5-14)10(15)12-17-19-18/h8-9,14,19H,4-7,18H2,1-3H3,(H,12,15). The van der Waals surface area contributed by atoms with Crippen molar-refractivity contribution in [1.29, 1.82) is 0 Å². The molecule has 1 fully saturated rings. The fourth-order valence-electron chi connectivity index (χ4n) is 2.18. The lowest BCUT2D eigenvalue weighted by atomic mass is 9.95. The van der Waals surface area contributed by atoms with Crippen LogP contribution in [0.3, 0.4) is 0 Å². The van der Waals surface area contributed by atoms with Crippen molar-refractivity contribution in [2.45, 2.75) is 38.5 Å². The summed E-state index contributed by atoms with van der Waals surface area (Å²) in [6.07, 6.45) is 1.08. The Bertz CT molecular complexity index is 304. The van der Waals surface area contributed by atoms with E-state index < -0.39 is 0 Å². The van der Waals surface area contributed by atoms with Crippen LogP contribution in [0.25, 0.3) is 0 Å². The molecule has 1 aliphatic heterocycles. The monoisotopic (exact) mass is 310 g/mol. The van der Waals surface area contributed by atoms with Gasteiger partial charge in [-0.25, -0.2) is 5.48 Å². The van der Waals surface area contributed by atoms with Gasteiger partial charge >= 0.3 is 0 Å². The Labute approximate surface area is 118 Å². The fraction of sp³-hybridized carbons (Fsp3) is 0.909. The van der Waals surface area contributed by atoms with E-state index in [0.29, 0.717) is 19.4 Å². The number of nitrogens with one attached hydrogen (secondary N) is 1. The highest BCUT2D eigenvalue weighted by Crippen LogP contribution is 2.29. The number of aliphatic hydroxyl groups excluding tert-OH is 1. The Hall–Kier alpha value is 0.170. The molecular weight excluding hydrogens is 286 g/mol. The molecule has 8 heteroatoms. The Morgan fingerprint density at radius 2 is 2.42 bits per heavy atom. The first-order chi connectivity index (χ1) is 8.92. The number of amides is 1. The minimum absolute atomic E-state index is 0.0120. The molecule has 1 amide bonds. The van der Waals surface area contributed by atoms with Crippen molar-refractivity contribution in [2.75, 3.05) is 20.3 Å². The van der Waals surface area contributed by atoms with Gasteiger partial charge in [0.2, 0.25) is 5.91 Å². The normalized spacial score (nSPS) is 25.0. The van der Waals surface area contributed by atoms with Crippen molar-refractivity contribution in [1.82, 2.24) is 10.4 Å². The van der Waals surface area contributed by atoms with Gasteiger partial charge in [-0.3, -0.25) is 14.3 Å². The van der Waals surface area contributed by atoms with E-state index in [2.05, 4.69) is 19.3 Å². The van der Waals surface area contributed by atoms with Gasteiger partial charge in [-0.1, -0.05) is 8.93 Å². The summed E-state index contributed by atoms with van der Waals surface area (Å²) in [6, 6.07) is 0.177. The number of nitrogens with zero attached hydrogens (tertiary/aromatic N) is 1. The van der Waals surface area contributed by atoms with E-state index in [4.69, 9.17) is 14.5 Å². The average Bonchev–Trinajstić information content (AvgIpc) is 2.62. The molecule has 0 radical (unpaired) electrons. The second-order valence-electron chi connectivity index (χ2n) is 5.15. The van der Waals surface area contributed by atoms with E-state index in [0.717, 1.165) is 0 Å². The summed E-state index contributed by atoms with van der Waals surface area (Å²) in [5.41, 5.74) is 2.11. The molecule has 0 bridgehead atoms. The molecule has 6 nitrogen and oxygen atoms in total. The summed E-state index contributed by atoms with van der Waals surface area (Å²) in [4.78, 5) is 14.1. The minimum Gasteiger partial charge on any atom is -0.396 e. The van der Waals surface area contributed by atoms with Crippen LogP contribution < -0.4 is 5.48 Å². The zero-order valence-electron chi connectivity index (χ0n) is 11.7. The van der Waals surface area contributed by atoms with Crippen LogP contribution in [0.1, 0.15) is 26.7 Å². The lowest BCUT2D eigenvalue weighted by Crippen LogP contribution is -2.42. The summed E-state index contributed by atoms with van der Waals surface area (Å²) in [7, 11) is 4.51. The molecule has 0 saturated carbocycles. The first kappa shape index (κ1) is 17.2. The lowest BCUT2D eigenvalue weighted by Gasteiger charge is -2.30. The van der Waals surface area contributed by atoms with Gasteiger partial charge in [0, 0.05) is 18.6 Å². The third-order valence-electron chi connectivity index (χ3n) is 3.64. The number of ether oxygens (including phenoxy) is 1. The predicted molar refractivity (Wildman–Crippen MR) is 78.6 cm³/mol. The summed E-state index contributed by atoms with van der Waals surface area (Å²) in [6.45, 7) is 4.60. The zero-order chi connectivity index (χ0) is 14.5. The second kappa shape index (κ2) is 7.82. The quantitative estimate of drug-likeness (QED) is 0.539. The highest BCUT2D eigenvalue weighted by molar-refractivity contribution is 8.00. The Morgan fingerprint density at radius 3 is 2.89 bits per heavy atom. The van der Waals surface area contributed by atoms with Crippen LogP contribution in [0.2, 0.25) is 0 Å². The maximum absolute atomic E-state index is 11.9. The molecule has 4 unspecified atom stereocenters. The Balaban J connectivity index is 2.56. The van der Waals surface area contributed by atoms with Gasteiger partial charge in [-0.05, 0) is 33.7 Å². The van der Waals surface area contributed by atoms with Crippen LogP contribution in [0.5, 0.6) is 0 Å². The van der Waals surface area contributed by atoms with Gasteiger partial charge in [0.25, 0.3) is 0 Å². The van der Waals surface area contributed by atoms with Crippen LogP contribution in [0.4, 0.5) is 0 Å². The molecule has 1 heterocycles. The average molecular weight is 310 g/mol. The summed E-state index contributed by atoms with van der Waals surface area (Å²) < 4.78 is 10.6. The molecule has 0 aromatic carbocycles. The summed E-state index contributed by atoms with van der Waals surface area (Å²) in [5.74, 6) is -0.446. The van der Waals surface area contributed by atoms with E-state index in [1.807, 2.05) is 20.9 Å². The Morgan fingerprint density at radius 1 is 1.74 bits per heavy atom. The molecule has 1 aliphatic rings. The highest BCUT2D eigenvalue weighted by Gasteiger charge is 2.39. The number of rotatable bonds is 7. The van der Waals surface area contributed by atoms with Crippen LogP contribution >= 0.6 is 17.4 Å². The van der Waals surface area contributed by atoms with Crippen LogP contribution in [0, 0.1) is 5.92 Å². The SMILES string of the molecule is CN1C(CC(CCO)C(=O)NOPP)COC1(C)C. The fourth-order valence-corrected chi connectivity index (χ4v) is 2.52. The second-order valence-corrected chi connectivity index (χ2v) is 6.30. The number of hydroxylamine groups is 1. The van der Waals surface area contributed by atoms with E-state index in [-0.39, 0.29) is 38.7 Å². The van der Waals surface area contributed by atoms with Crippen molar-refractivity contribution in [3.63, 3.8) is 0 Å². The molecule has 112 valence electrons. The smallest absolute Gasteiger partial charge is 0.247 e. The first-order valence-corrected chi connectivity index (χ1v) is 9.03. The molecule has 0 aromatic heterocycles. The maximum atomic E-state index is 11.9. The molecule has 19 heavy (non-hydrogen) atoms. The largest absolute Gasteiger partial charge is 0.396 e. The van der Waals surface area contributed by atoms with Crippen molar-refractivity contribution in [2.24, 2.45) is 5.92 Å². The van der Waals surface area contributed by atoms with Gasteiger partial charge in [-0.15, -0.1) is 0 Å². The van der Waals surface area contributed by atoms with E-state index in [1.165, 1.54) is 0 Å². The molecule has 0 aromatic rings. The molecule has 1 saturated heterocycles. The predicted octanol–water partition coefficient (Wildman–Crippen LogP) is 0.873. The van der Waals surface area contributed by atoms with Gasteiger partial charge < -0.3 is 9.84 Å². The topological polar surface area (TPSA) is 71.0 Å². The molecule has 0 aliphatic carbocycles. The minimum atomic E-state index is -0.303. The summed E-state index contributed by atoms with van der Waals surface area (Å²) in [5, 5.41) is 9.09. The van der Waals surface area contributed by atoms with Crippen LogP contribution in [0.15, 0.2) is 0 Å². The number of hydrogen-bond donors (Lipinski definition) is 2. The zero-order valence-corrected chi connectivity index (χ0v) is 13.8. The van der Waals surface area contributed by atoms with Crippen LogP contribution in [-0.4, -0.2) is 47.9 Å². The molecule has 2 N–H and O–H groups in total. The lowest BCUT2D eigenvalue weighted by molar-refractivity contribution is -0.132. The van der Waals surface area contributed by atoms with Crippen LogP contribution in [-0.2, 0) is 14.2 Å². The third-order valence-corrected chi connectivity index (χ3v) is 4.22.